The first-order valence-electron chi connectivity index (χ1n) is 9.23. The molecule has 0 saturated heterocycles. The normalized spacial score (nSPS) is 14.8. The molecule has 1 aromatic carbocycles. The first-order chi connectivity index (χ1) is 13.6. The molecule has 1 unspecified atom stereocenters. The van der Waals surface area contributed by atoms with Gasteiger partial charge in [-0.25, -0.2) is 0 Å². The largest absolute Gasteiger partial charge is 0.467 e. The van der Waals surface area contributed by atoms with Crippen molar-refractivity contribution >= 4 is 33.6 Å². The summed E-state index contributed by atoms with van der Waals surface area (Å²) in [6.07, 6.45) is 3.96. The smallest absolute Gasteiger partial charge is 0.230 e. The number of benzene rings is 1. The Hall–Kier alpha value is -2.06. The summed E-state index contributed by atoms with van der Waals surface area (Å²) in [5.41, 5.74) is 1.07. The van der Waals surface area contributed by atoms with Crippen LogP contribution in [0.3, 0.4) is 0 Å². The van der Waals surface area contributed by atoms with Crippen LogP contribution in [0.4, 0.5) is 0 Å². The maximum atomic E-state index is 12.4. The molecule has 1 aliphatic carbocycles. The van der Waals surface area contributed by atoms with Gasteiger partial charge in [0.25, 0.3) is 0 Å². The number of nitrogens with one attached hydrogen (secondary N) is 1. The molecule has 28 heavy (non-hydrogen) atoms. The maximum Gasteiger partial charge on any atom is 0.230 e. The second-order valence-electron chi connectivity index (χ2n) is 6.91. The topological polar surface area (TPSA) is 73.0 Å². The molecule has 1 aliphatic rings. The molecule has 1 fully saturated rings. The van der Waals surface area contributed by atoms with Gasteiger partial charge in [0.2, 0.25) is 5.91 Å². The van der Waals surface area contributed by atoms with Gasteiger partial charge in [-0.1, -0.05) is 39.8 Å². The van der Waals surface area contributed by atoms with Crippen molar-refractivity contribution in [2.45, 2.75) is 43.4 Å². The molecule has 4 rings (SSSR count). The monoisotopic (exact) mass is 460 g/mol. The number of thioether (sulfide) groups is 1. The zero-order chi connectivity index (χ0) is 19.5. The lowest BCUT2D eigenvalue weighted by molar-refractivity contribution is -0.119. The van der Waals surface area contributed by atoms with Gasteiger partial charge >= 0.3 is 0 Å². The van der Waals surface area contributed by atoms with Crippen molar-refractivity contribution in [1.82, 2.24) is 20.1 Å². The van der Waals surface area contributed by atoms with E-state index >= 15 is 0 Å². The number of aromatic nitrogens is 3. The Morgan fingerprint density at radius 1 is 1.32 bits per heavy atom. The number of hydrogen-bond donors (Lipinski definition) is 1. The van der Waals surface area contributed by atoms with Crippen molar-refractivity contribution in [2.24, 2.45) is 0 Å². The van der Waals surface area contributed by atoms with E-state index in [4.69, 9.17) is 4.42 Å². The second-order valence-corrected chi connectivity index (χ2v) is 8.77. The number of carbonyl (C=O) groups is 1. The zero-order valence-electron chi connectivity index (χ0n) is 15.5. The molecule has 0 spiro atoms. The summed E-state index contributed by atoms with van der Waals surface area (Å²) in [7, 11) is 0. The number of hydrogen-bond acceptors (Lipinski definition) is 5. The van der Waals surface area contributed by atoms with E-state index in [9.17, 15) is 4.79 Å². The van der Waals surface area contributed by atoms with E-state index in [0.29, 0.717) is 18.2 Å². The molecule has 2 heterocycles. The van der Waals surface area contributed by atoms with Gasteiger partial charge in [-0.15, -0.1) is 10.2 Å². The van der Waals surface area contributed by atoms with Crippen LogP contribution in [0.25, 0.3) is 0 Å². The lowest BCUT2D eigenvalue weighted by Gasteiger charge is -2.14. The highest BCUT2D eigenvalue weighted by Gasteiger charge is 2.30. The SMILES string of the molecule is CC(NC(=O)CSc1nnc(C2CC2)n1Cc1ccco1)c1ccc(Br)cc1. The van der Waals surface area contributed by atoms with Crippen molar-refractivity contribution < 1.29 is 9.21 Å². The number of furan rings is 1. The summed E-state index contributed by atoms with van der Waals surface area (Å²) in [5.74, 6) is 2.59. The molecule has 8 heteroatoms. The molecular weight excluding hydrogens is 440 g/mol. The first kappa shape index (κ1) is 19.3. The average molecular weight is 461 g/mol. The van der Waals surface area contributed by atoms with E-state index in [1.807, 2.05) is 43.3 Å². The molecule has 146 valence electrons. The average Bonchev–Trinajstić information content (AvgIpc) is 3.24. The first-order valence-corrected chi connectivity index (χ1v) is 11.0. The highest BCUT2D eigenvalue weighted by Crippen LogP contribution is 2.40. The Labute approximate surface area is 176 Å². The van der Waals surface area contributed by atoms with E-state index in [1.54, 1.807) is 6.26 Å². The number of nitrogens with zero attached hydrogens (tertiary/aromatic N) is 3. The molecule has 2 aromatic heterocycles. The number of amides is 1. The van der Waals surface area contributed by atoms with Crippen LogP contribution < -0.4 is 5.32 Å². The van der Waals surface area contributed by atoms with Crippen LogP contribution >= 0.6 is 27.7 Å². The third-order valence-corrected chi connectivity index (χ3v) is 6.16. The number of halogens is 1. The van der Waals surface area contributed by atoms with Gasteiger partial charge < -0.3 is 9.73 Å². The minimum absolute atomic E-state index is 0.0269. The minimum Gasteiger partial charge on any atom is -0.467 e. The fourth-order valence-corrected chi connectivity index (χ4v) is 4.03. The molecule has 1 atom stereocenters. The summed E-state index contributed by atoms with van der Waals surface area (Å²) in [5, 5.41) is 12.5. The third kappa shape index (κ3) is 4.67. The van der Waals surface area contributed by atoms with Gasteiger partial charge in [0.1, 0.15) is 11.6 Å². The van der Waals surface area contributed by atoms with Gasteiger partial charge in [0, 0.05) is 10.4 Å². The van der Waals surface area contributed by atoms with Crippen LogP contribution in [0.15, 0.2) is 56.7 Å². The minimum atomic E-state index is -0.0517. The third-order valence-electron chi connectivity index (χ3n) is 4.66. The summed E-state index contributed by atoms with van der Waals surface area (Å²) >= 11 is 4.84. The second kappa shape index (κ2) is 8.53. The Balaban J connectivity index is 1.38. The summed E-state index contributed by atoms with van der Waals surface area (Å²) in [6.45, 7) is 2.57. The maximum absolute atomic E-state index is 12.4. The molecule has 6 nitrogen and oxygen atoms in total. The van der Waals surface area contributed by atoms with Crippen molar-refractivity contribution in [3.05, 3.63) is 64.3 Å². The highest BCUT2D eigenvalue weighted by atomic mass is 79.9. The predicted octanol–water partition coefficient (Wildman–Crippen LogP) is 4.53. The molecular formula is C20H21BrN4O2S. The van der Waals surface area contributed by atoms with Crippen molar-refractivity contribution in [2.75, 3.05) is 5.75 Å². The van der Waals surface area contributed by atoms with Gasteiger partial charge in [-0.3, -0.25) is 9.36 Å². The molecule has 3 aromatic rings. The zero-order valence-corrected chi connectivity index (χ0v) is 17.9. The quantitative estimate of drug-likeness (QED) is 0.499. The fourth-order valence-electron chi connectivity index (χ4n) is 3.01. The van der Waals surface area contributed by atoms with Gasteiger partial charge in [0.15, 0.2) is 5.16 Å². The summed E-state index contributed by atoms with van der Waals surface area (Å²) in [4.78, 5) is 12.4. The Morgan fingerprint density at radius 2 is 2.11 bits per heavy atom. The van der Waals surface area contributed by atoms with E-state index < -0.39 is 0 Å². The van der Waals surface area contributed by atoms with Gasteiger partial charge in [0.05, 0.1) is 24.6 Å². The molecule has 1 saturated carbocycles. The Kier molecular flexibility index (Phi) is 5.87. The van der Waals surface area contributed by atoms with Gasteiger partial charge in [-0.05, 0) is 49.6 Å². The predicted molar refractivity (Wildman–Crippen MR) is 111 cm³/mol. The number of carbonyl (C=O) groups excluding carboxylic acids is 1. The van der Waals surface area contributed by atoms with Crippen LogP contribution in [0.2, 0.25) is 0 Å². The van der Waals surface area contributed by atoms with E-state index in [-0.39, 0.29) is 11.9 Å². The summed E-state index contributed by atoms with van der Waals surface area (Å²) in [6, 6.07) is 11.7. The standard InChI is InChI=1S/C20H21BrN4O2S/c1-13(14-6-8-16(21)9-7-14)22-18(26)12-28-20-24-23-19(15-4-5-15)25(20)11-17-3-2-10-27-17/h2-3,6-10,13,15H,4-5,11-12H2,1H3,(H,22,26). The molecule has 0 radical (unpaired) electrons. The molecule has 1 amide bonds. The summed E-state index contributed by atoms with van der Waals surface area (Å²) < 4.78 is 8.58. The Morgan fingerprint density at radius 3 is 2.79 bits per heavy atom. The van der Waals surface area contributed by atoms with Crippen molar-refractivity contribution in [3.8, 4) is 0 Å². The fraction of sp³-hybridized carbons (Fsp3) is 0.350. The van der Waals surface area contributed by atoms with E-state index in [1.165, 1.54) is 11.8 Å². The van der Waals surface area contributed by atoms with Crippen LogP contribution in [0.1, 0.15) is 48.9 Å². The van der Waals surface area contributed by atoms with Crippen LogP contribution in [-0.4, -0.2) is 26.4 Å². The van der Waals surface area contributed by atoms with E-state index in [0.717, 1.165) is 39.6 Å². The number of rotatable bonds is 8. The van der Waals surface area contributed by atoms with Crippen LogP contribution in [0.5, 0.6) is 0 Å². The lowest BCUT2D eigenvalue weighted by atomic mass is 10.1. The lowest BCUT2D eigenvalue weighted by Crippen LogP contribution is -2.28. The molecule has 0 aliphatic heterocycles. The van der Waals surface area contributed by atoms with Crippen LogP contribution in [-0.2, 0) is 11.3 Å². The van der Waals surface area contributed by atoms with Crippen LogP contribution in [0, 0.1) is 0 Å². The molecule has 1 N–H and O–H groups in total. The molecule has 0 bridgehead atoms. The van der Waals surface area contributed by atoms with E-state index in [2.05, 4.69) is 36.0 Å². The van der Waals surface area contributed by atoms with Gasteiger partial charge in [-0.2, -0.15) is 0 Å². The Bertz CT molecular complexity index is 936. The van der Waals surface area contributed by atoms with Crippen molar-refractivity contribution in [3.63, 3.8) is 0 Å². The highest BCUT2D eigenvalue weighted by molar-refractivity contribution is 9.10. The van der Waals surface area contributed by atoms with Crippen molar-refractivity contribution in [1.29, 1.82) is 0 Å².